The highest BCUT2D eigenvalue weighted by Crippen LogP contribution is 2.26. The van der Waals surface area contributed by atoms with Crippen molar-refractivity contribution in [2.45, 2.75) is 6.61 Å². The minimum absolute atomic E-state index is 0.241. The molecule has 0 aliphatic carbocycles. The molecule has 1 heterocycles. The predicted molar refractivity (Wildman–Crippen MR) is 78.6 cm³/mol. The summed E-state index contributed by atoms with van der Waals surface area (Å²) in [5.74, 6) is 0.244. The molecule has 0 fully saturated rings. The molecule has 0 radical (unpaired) electrons. The third-order valence-electron chi connectivity index (χ3n) is 2.37. The maximum Gasteiger partial charge on any atom is 0.134 e. The number of halogens is 2. The van der Waals surface area contributed by atoms with E-state index in [-0.39, 0.29) is 10.8 Å². The van der Waals surface area contributed by atoms with Crippen molar-refractivity contribution in [1.82, 2.24) is 4.98 Å². The third-order valence-corrected chi connectivity index (χ3v) is 3.19. The number of thiocarbonyl (C=S) groups is 1. The van der Waals surface area contributed by atoms with Crippen molar-refractivity contribution in [2.75, 3.05) is 0 Å². The molecule has 98 valence electrons. The van der Waals surface area contributed by atoms with Crippen molar-refractivity contribution in [3.63, 3.8) is 0 Å². The molecule has 0 amide bonds. The van der Waals surface area contributed by atoms with E-state index in [0.717, 1.165) is 5.56 Å². The molecule has 1 aromatic heterocycles. The van der Waals surface area contributed by atoms with Crippen LogP contribution in [0.15, 0.2) is 41.0 Å². The Hall–Kier alpha value is -1.53. The van der Waals surface area contributed by atoms with Crippen molar-refractivity contribution < 1.29 is 9.13 Å². The molecule has 0 bridgehead atoms. The van der Waals surface area contributed by atoms with Gasteiger partial charge in [-0.25, -0.2) is 4.39 Å². The molecule has 1 aromatic carbocycles. The summed E-state index contributed by atoms with van der Waals surface area (Å²) in [5.41, 5.74) is 6.94. The van der Waals surface area contributed by atoms with E-state index in [0.29, 0.717) is 22.5 Å². The van der Waals surface area contributed by atoms with Gasteiger partial charge in [-0.15, -0.1) is 0 Å². The first-order chi connectivity index (χ1) is 9.06. The van der Waals surface area contributed by atoms with Crippen molar-refractivity contribution >= 4 is 33.1 Å². The van der Waals surface area contributed by atoms with Crippen molar-refractivity contribution in [2.24, 2.45) is 5.73 Å². The molecule has 0 atom stereocenters. The van der Waals surface area contributed by atoms with Crippen LogP contribution in [-0.2, 0) is 6.61 Å². The van der Waals surface area contributed by atoms with E-state index in [1.807, 2.05) is 0 Å². The standard InChI is InChI=1S/C13H10BrFN2OS/c14-10-6-9(15)1-2-12(10)18-7-8-3-4-17-11(5-8)13(16)19/h1-6H,7H2,(H2,16,19). The lowest BCUT2D eigenvalue weighted by atomic mass is 10.2. The SMILES string of the molecule is NC(=S)c1cc(COc2ccc(F)cc2Br)ccn1. The molecule has 0 saturated carbocycles. The molecule has 0 aliphatic rings. The summed E-state index contributed by atoms with van der Waals surface area (Å²) in [7, 11) is 0. The van der Waals surface area contributed by atoms with Crippen LogP contribution in [0, 0.1) is 5.82 Å². The van der Waals surface area contributed by atoms with Gasteiger partial charge in [0.25, 0.3) is 0 Å². The zero-order valence-electron chi connectivity index (χ0n) is 9.77. The fourth-order valence-electron chi connectivity index (χ4n) is 1.45. The largest absolute Gasteiger partial charge is 0.488 e. The van der Waals surface area contributed by atoms with Crippen LogP contribution >= 0.6 is 28.1 Å². The van der Waals surface area contributed by atoms with Crippen molar-refractivity contribution in [1.29, 1.82) is 0 Å². The summed E-state index contributed by atoms with van der Waals surface area (Å²) in [6.45, 7) is 0.322. The van der Waals surface area contributed by atoms with Crippen LogP contribution in [0.5, 0.6) is 5.75 Å². The van der Waals surface area contributed by atoms with Crippen LogP contribution in [0.3, 0.4) is 0 Å². The van der Waals surface area contributed by atoms with E-state index in [9.17, 15) is 4.39 Å². The van der Waals surface area contributed by atoms with E-state index in [4.69, 9.17) is 22.7 Å². The lowest BCUT2D eigenvalue weighted by Gasteiger charge is -2.09. The fraction of sp³-hybridized carbons (Fsp3) is 0.0769. The highest BCUT2D eigenvalue weighted by atomic mass is 79.9. The van der Waals surface area contributed by atoms with Crippen molar-refractivity contribution in [3.8, 4) is 5.75 Å². The number of rotatable bonds is 4. The lowest BCUT2D eigenvalue weighted by Crippen LogP contribution is -2.12. The first-order valence-electron chi connectivity index (χ1n) is 5.39. The van der Waals surface area contributed by atoms with Gasteiger partial charge in [-0.2, -0.15) is 0 Å². The van der Waals surface area contributed by atoms with Gasteiger partial charge in [-0.3, -0.25) is 4.98 Å². The third kappa shape index (κ3) is 3.71. The van der Waals surface area contributed by atoms with Crippen LogP contribution in [0.1, 0.15) is 11.3 Å². The van der Waals surface area contributed by atoms with Gasteiger partial charge in [-0.05, 0) is 51.8 Å². The van der Waals surface area contributed by atoms with E-state index in [1.165, 1.54) is 12.1 Å². The maximum absolute atomic E-state index is 12.9. The lowest BCUT2D eigenvalue weighted by molar-refractivity contribution is 0.303. The van der Waals surface area contributed by atoms with E-state index in [2.05, 4.69) is 20.9 Å². The van der Waals surface area contributed by atoms with Crippen LogP contribution in [-0.4, -0.2) is 9.97 Å². The monoisotopic (exact) mass is 340 g/mol. The second-order valence-corrected chi connectivity index (χ2v) is 5.07. The quantitative estimate of drug-likeness (QED) is 0.868. The zero-order chi connectivity index (χ0) is 13.8. The molecule has 0 aliphatic heterocycles. The molecule has 0 saturated heterocycles. The Bertz CT molecular complexity index is 621. The highest BCUT2D eigenvalue weighted by Gasteiger charge is 2.04. The number of benzene rings is 1. The summed E-state index contributed by atoms with van der Waals surface area (Å²) < 4.78 is 19.1. The number of nitrogens with two attached hydrogens (primary N) is 1. The summed E-state index contributed by atoms with van der Waals surface area (Å²) in [4.78, 5) is 4.28. The van der Waals surface area contributed by atoms with Gasteiger partial charge in [-0.1, -0.05) is 12.2 Å². The molecule has 2 N–H and O–H groups in total. The average Bonchev–Trinajstić information content (AvgIpc) is 2.38. The van der Waals surface area contributed by atoms with Crippen molar-refractivity contribution in [3.05, 3.63) is 58.1 Å². The molecule has 2 rings (SSSR count). The number of nitrogens with zero attached hydrogens (tertiary/aromatic N) is 1. The van der Waals surface area contributed by atoms with E-state index >= 15 is 0 Å². The van der Waals surface area contributed by atoms with Gasteiger partial charge in [0.15, 0.2) is 0 Å². The van der Waals surface area contributed by atoms with Gasteiger partial charge < -0.3 is 10.5 Å². The molecule has 0 unspecified atom stereocenters. The number of hydrogen-bond donors (Lipinski definition) is 1. The number of hydrogen-bond acceptors (Lipinski definition) is 3. The Morgan fingerprint density at radius 1 is 1.37 bits per heavy atom. The van der Waals surface area contributed by atoms with E-state index < -0.39 is 0 Å². The van der Waals surface area contributed by atoms with Gasteiger partial charge >= 0.3 is 0 Å². The Morgan fingerprint density at radius 2 is 2.16 bits per heavy atom. The van der Waals surface area contributed by atoms with Gasteiger partial charge in [0, 0.05) is 6.20 Å². The second-order valence-electron chi connectivity index (χ2n) is 3.78. The maximum atomic E-state index is 12.9. The molecule has 6 heteroatoms. The summed E-state index contributed by atoms with van der Waals surface area (Å²) in [6, 6.07) is 7.82. The van der Waals surface area contributed by atoms with Crippen LogP contribution < -0.4 is 10.5 Å². The van der Waals surface area contributed by atoms with Gasteiger partial charge in [0.2, 0.25) is 0 Å². The van der Waals surface area contributed by atoms with Crippen LogP contribution in [0.4, 0.5) is 4.39 Å². The fourth-order valence-corrected chi connectivity index (χ4v) is 2.03. The van der Waals surface area contributed by atoms with Crippen LogP contribution in [0.2, 0.25) is 0 Å². The Kier molecular flexibility index (Phi) is 4.44. The minimum Gasteiger partial charge on any atom is -0.488 e. The van der Waals surface area contributed by atoms with Gasteiger partial charge in [0.1, 0.15) is 23.2 Å². The molecular weight excluding hydrogens is 331 g/mol. The summed E-state index contributed by atoms with van der Waals surface area (Å²) >= 11 is 8.10. The van der Waals surface area contributed by atoms with E-state index in [1.54, 1.807) is 24.4 Å². The summed E-state index contributed by atoms with van der Waals surface area (Å²) in [5, 5.41) is 0. The molecule has 0 spiro atoms. The Labute approximate surface area is 123 Å². The first kappa shape index (κ1) is 13.9. The number of aromatic nitrogens is 1. The smallest absolute Gasteiger partial charge is 0.134 e. The normalized spacial score (nSPS) is 10.2. The highest BCUT2D eigenvalue weighted by molar-refractivity contribution is 9.10. The minimum atomic E-state index is -0.320. The van der Waals surface area contributed by atoms with Gasteiger partial charge in [0.05, 0.1) is 10.2 Å². The predicted octanol–water partition coefficient (Wildman–Crippen LogP) is 3.20. The molecule has 3 nitrogen and oxygen atoms in total. The Balaban J connectivity index is 2.10. The van der Waals surface area contributed by atoms with Crippen LogP contribution in [0.25, 0.3) is 0 Å². The first-order valence-corrected chi connectivity index (χ1v) is 6.59. The Morgan fingerprint density at radius 3 is 2.84 bits per heavy atom. The molecule has 2 aromatic rings. The summed E-state index contributed by atoms with van der Waals surface area (Å²) in [6.07, 6.45) is 1.62. The zero-order valence-corrected chi connectivity index (χ0v) is 12.2. The average molecular weight is 341 g/mol. The number of ether oxygens (including phenoxy) is 1. The number of pyridine rings is 1. The second kappa shape index (κ2) is 6.08. The molecule has 19 heavy (non-hydrogen) atoms. The topological polar surface area (TPSA) is 48.1 Å². The molecular formula is C13H10BrFN2OS.